The summed E-state index contributed by atoms with van der Waals surface area (Å²) in [5.74, 6) is 1.50. The Hall–Kier alpha value is -1.51. The third-order valence-electron chi connectivity index (χ3n) is 2.57. The van der Waals surface area contributed by atoms with Crippen molar-refractivity contribution in [3.05, 3.63) is 29.8 Å². The lowest BCUT2D eigenvalue weighted by molar-refractivity contribution is -0.121. The molecule has 0 heterocycles. The van der Waals surface area contributed by atoms with Gasteiger partial charge < -0.3 is 10.1 Å². The Labute approximate surface area is 103 Å². The van der Waals surface area contributed by atoms with Crippen molar-refractivity contribution in [2.24, 2.45) is 5.92 Å². The van der Waals surface area contributed by atoms with Crippen molar-refractivity contribution in [2.45, 2.75) is 33.2 Å². The summed E-state index contributed by atoms with van der Waals surface area (Å²) in [6, 6.07) is 7.73. The smallest absolute Gasteiger partial charge is 0.220 e. The summed E-state index contributed by atoms with van der Waals surface area (Å²) < 4.78 is 5.13. The van der Waals surface area contributed by atoms with Gasteiger partial charge in [-0.05, 0) is 30.0 Å². The van der Waals surface area contributed by atoms with Gasteiger partial charge in [-0.25, -0.2) is 0 Å². The highest BCUT2D eigenvalue weighted by Gasteiger charge is 2.03. The van der Waals surface area contributed by atoms with Crippen molar-refractivity contribution in [1.29, 1.82) is 0 Å². The minimum absolute atomic E-state index is 0.113. The third kappa shape index (κ3) is 5.38. The molecule has 0 aromatic heterocycles. The van der Waals surface area contributed by atoms with Crippen LogP contribution in [0.15, 0.2) is 24.3 Å². The average molecular weight is 235 g/mol. The van der Waals surface area contributed by atoms with Crippen molar-refractivity contribution >= 4 is 5.91 Å². The molecule has 0 unspecified atom stereocenters. The van der Waals surface area contributed by atoms with Gasteiger partial charge in [0, 0.05) is 13.0 Å². The molecule has 0 aliphatic heterocycles. The van der Waals surface area contributed by atoms with Gasteiger partial charge in [-0.2, -0.15) is 0 Å². The first kappa shape index (κ1) is 13.6. The second kappa shape index (κ2) is 6.94. The molecule has 3 heteroatoms. The van der Waals surface area contributed by atoms with Gasteiger partial charge >= 0.3 is 0 Å². The van der Waals surface area contributed by atoms with E-state index in [2.05, 4.69) is 19.2 Å². The van der Waals surface area contributed by atoms with Crippen LogP contribution >= 0.6 is 0 Å². The summed E-state index contributed by atoms with van der Waals surface area (Å²) in [6.45, 7) is 4.80. The fourth-order valence-corrected chi connectivity index (χ4v) is 1.49. The SMILES string of the molecule is COc1cccc(CNC(=O)CCC(C)C)c1. The molecule has 0 fully saturated rings. The molecule has 0 atom stereocenters. The summed E-state index contributed by atoms with van der Waals surface area (Å²) in [6.07, 6.45) is 1.53. The molecular formula is C14H21NO2. The van der Waals surface area contributed by atoms with Gasteiger partial charge in [0.15, 0.2) is 0 Å². The van der Waals surface area contributed by atoms with Crippen molar-refractivity contribution in [3.8, 4) is 5.75 Å². The van der Waals surface area contributed by atoms with Crippen molar-refractivity contribution in [2.75, 3.05) is 7.11 Å². The van der Waals surface area contributed by atoms with E-state index in [1.54, 1.807) is 7.11 Å². The lowest BCUT2D eigenvalue weighted by Crippen LogP contribution is -2.22. The molecule has 1 aromatic carbocycles. The standard InChI is InChI=1S/C14H21NO2/c1-11(2)7-8-14(16)15-10-12-5-4-6-13(9-12)17-3/h4-6,9,11H,7-8,10H2,1-3H3,(H,15,16). The fourth-order valence-electron chi connectivity index (χ4n) is 1.49. The Morgan fingerprint density at radius 2 is 2.18 bits per heavy atom. The normalized spacial score (nSPS) is 10.4. The van der Waals surface area contributed by atoms with E-state index in [1.807, 2.05) is 24.3 Å². The lowest BCUT2D eigenvalue weighted by atomic mass is 10.1. The van der Waals surface area contributed by atoms with Crippen LogP contribution in [0.1, 0.15) is 32.3 Å². The highest BCUT2D eigenvalue weighted by molar-refractivity contribution is 5.75. The van der Waals surface area contributed by atoms with Crippen LogP contribution in [-0.2, 0) is 11.3 Å². The molecule has 0 aliphatic carbocycles. The first-order valence-corrected chi connectivity index (χ1v) is 6.01. The Balaban J connectivity index is 2.36. The number of carbonyl (C=O) groups excluding carboxylic acids is 1. The van der Waals surface area contributed by atoms with Crippen LogP contribution in [0, 0.1) is 5.92 Å². The van der Waals surface area contributed by atoms with Crippen LogP contribution in [0.5, 0.6) is 5.75 Å². The Bertz CT molecular complexity index is 361. The van der Waals surface area contributed by atoms with Crippen molar-refractivity contribution < 1.29 is 9.53 Å². The van der Waals surface area contributed by atoms with Crippen LogP contribution in [0.2, 0.25) is 0 Å². The first-order chi connectivity index (χ1) is 8.11. The van der Waals surface area contributed by atoms with E-state index in [0.29, 0.717) is 18.9 Å². The minimum Gasteiger partial charge on any atom is -0.497 e. The second-order valence-electron chi connectivity index (χ2n) is 4.56. The molecule has 0 saturated carbocycles. The monoisotopic (exact) mass is 235 g/mol. The Morgan fingerprint density at radius 1 is 1.41 bits per heavy atom. The molecule has 0 aliphatic rings. The third-order valence-corrected chi connectivity index (χ3v) is 2.57. The summed E-state index contributed by atoms with van der Waals surface area (Å²) in [5.41, 5.74) is 1.06. The van der Waals surface area contributed by atoms with Crippen molar-refractivity contribution in [1.82, 2.24) is 5.32 Å². The molecule has 94 valence electrons. The maximum atomic E-state index is 11.5. The molecule has 0 bridgehead atoms. The van der Waals surface area contributed by atoms with Gasteiger partial charge in [0.25, 0.3) is 0 Å². The molecule has 0 spiro atoms. The van der Waals surface area contributed by atoms with E-state index in [1.165, 1.54) is 0 Å². The van der Waals surface area contributed by atoms with Crippen LogP contribution in [0.25, 0.3) is 0 Å². The summed E-state index contributed by atoms with van der Waals surface area (Å²) in [4.78, 5) is 11.5. The van der Waals surface area contributed by atoms with Gasteiger partial charge in [-0.1, -0.05) is 26.0 Å². The van der Waals surface area contributed by atoms with E-state index >= 15 is 0 Å². The number of rotatable bonds is 6. The Kier molecular flexibility index (Phi) is 5.53. The maximum Gasteiger partial charge on any atom is 0.220 e. The van der Waals surface area contributed by atoms with Crippen LogP contribution in [0.4, 0.5) is 0 Å². The van der Waals surface area contributed by atoms with E-state index in [4.69, 9.17) is 4.74 Å². The molecule has 1 N–H and O–H groups in total. The number of benzene rings is 1. The van der Waals surface area contributed by atoms with Gasteiger partial charge in [0.05, 0.1) is 7.11 Å². The van der Waals surface area contributed by atoms with Crippen LogP contribution < -0.4 is 10.1 Å². The number of hydrogen-bond acceptors (Lipinski definition) is 2. The molecular weight excluding hydrogens is 214 g/mol. The zero-order valence-electron chi connectivity index (χ0n) is 10.8. The number of ether oxygens (including phenoxy) is 1. The van der Waals surface area contributed by atoms with Crippen molar-refractivity contribution in [3.63, 3.8) is 0 Å². The number of carbonyl (C=O) groups is 1. The zero-order valence-corrected chi connectivity index (χ0v) is 10.8. The van der Waals surface area contributed by atoms with E-state index in [-0.39, 0.29) is 5.91 Å². The van der Waals surface area contributed by atoms with Crippen LogP contribution in [0.3, 0.4) is 0 Å². The zero-order chi connectivity index (χ0) is 12.7. The average Bonchev–Trinajstić information content (AvgIpc) is 2.34. The van der Waals surface area contributed by atoms with E-state index in [0.717, 1.165) is 17.7 Å². The second-order valence-corrected chi connectivity index (χ2v) is 4.56. The lowest BCUT2D eigenvalue weighted by Gasteiger charge is -2.08. The highest BCUT2D eigenvalue weighted by atomic mass is 16.5. The van der Waals surface area contributed by atoms with E-state index < -0.39 is 0 Å². The molecule has 3 nitrogen and oxygen atoms in total. The number of hydrogen-bond donors (Lipinski definition) is 1. The maximum absolute atomic E-state index is 11.5. The van der Waals surface area contributed by atoms with Gasteiger partial charge in [-0.3, -0.25) is 4.79 Å². The summed E-state index contributed by atoms with van der Waals surface area (Å²) >= 11 is 0. The van der Waals surface area contributed by atoms with Crippen LogP contribution in [-0.4, -0.2) is 13.0 Å². The predicted octanol–water partition coefficient (Wildman–Crippen LogP) is 2.75. The number of nitrogens with one attached hydrogen (secondary N) is 1. The topological polar surface area (TPSA) is 38.3 Å². The largest absolute Gasteiger partial charge is 0.497 e. The molecule has 1 rings (SSSR count). The highest BCUT2D eigenvalue weighted by Crippen LogP contribution is 2.12. The molecule has 1 amide bonds. The fraction of sp³-hybridized carbons (Fsp3) is 0.500. The summed E-state index contributed by atoms with van der Waals surface area (Å²) in [7, 11) is 1.64. The van der Waals surface area contributed by atoms with Gasteiger partial charge in [0.1, 0.15) is 5.75 Å². The number of amides is 1. The molecule has 0 radical (unpaired) electrons. The Morgan fingerprint density at radius 3 is 2.82 bits per heavy atom. The first-order valence-electron chi connectivity index (χ1n) is 6.01. The van der Waals surface area contributed by atoms with E-state index in [9.17, 15) is 4.79 Å². The molecule has 1 aromatic rings. The predicted molar refractivity (Wildman–Crippen MR) is 68.9 cm³/mol. The quantitative estimate of drug-likeness (QED) is 0.823. The van der Waals surface area contributed by atoms with Gasteiger partial charge in [0.2, 0.25) is 5.91 Å². The summed E-state index contributed by atoms with van der Waals surface area (Å²) in [5, 5.41) is 2.91. The molecule has 17 heavy (non-hydrogen) atoms. The number of methoxy groups -OCH3 is 1. The molecule has 0 saturated heterocycles. The van der Waals surface area contributed by atoms with Gasteiger partial charge in [-0.15, -0.1) is 0 Å². The minimum atomic E-state index is 0.113.